The van der Waals surface area contributed by atoms with Gasteiger partial charge in [0.15, 0.2) is 12.4 Å². The molecule has 72 heavy (non-hydrogen) atoms. The number of ether oxygens (including phenoxy) is 3. The number of hydrogen-bond donors (Lipinski definition) is 6. The van der Waals surface area contributed by atoms with Crippen LogP contribution in [0, 0.1) is 0 Å². The molecule has 1 saturated heterocycles. The molecule has 1 heterocycles. The lowest BCUT2D eigenvalue weighted by atomic mass is 9.99. The zero-order chi connectivity index (χ0) is 52.5. The second-order valence-electron chi connectivity index (χ2n) is 21.8. The molecule has 11 heteroatoms. The highest BCUT2D eigenvalue weighted by Crippen LogP contribution is 2.26. The van der Waals surface area contributed by atoms with Gasteiger partial charge in [0.25, 0.3) is 0 Å². The van der Waals surface area contributed by atoms with Crippen LogP contribution in [0.2, 0.25) is 0 Å². The summed E-state index contributed by atoms with van der Waals surface area (Å²) in [5.41, 5.74) is 0. The number of aliphatic hydroxyl groups is 5. The van der Waals surface area contributed by atoms with E-state index in [1.165, 1.54) is 199 Å². The van der Waals surface area contributed by atoms with Crippen LogP contribution in [0.3, 0.4) is 0 Å². The van der Waals surface area contributed by atoms with E-state index in [1.807, 2.05) is 6.08 Å². The minimum atomic E-state index is -1.61. The van der Waals surface area contributed by atoms with Crippen LogP contribution in [0.1, 0.15) is 303 Å². The molecule has 426 valence electrons. The van der Waals surface area contributed by atoms with Crippen LogP contribution in [-0.2, 0) is 23.8 Å². The predicted molar refractivity (Wildman–Crippen MR) is 297 cm³/mol. The normalized spacial score (nSPS) is 19.5. The minimum absolute atomic E-state index is 0.132. The van der Waals surface area contributed by atoms with Crippen LogP contribution in [0.15, 0.2) is 12.2 Å². The average molecular weight is 1020 g/mol. The van der Waals surface area contributed by atoms with Crippen LogP contribution in [-0.4, -0.2) is 99.6 Å². The molecule has 1 rings (SSSR count). The number of carbonyl (C=O) groups excluding carboxylic acids is 2. The molecule has 1 aliphatic heterocycles. The maximum absolute atomic E-state index is 13.3. The molecule has 0 aromatic carbocycles. The Bertz CT molecular complexity index is 1220. The van der Waals surface area contributed by atoms with Crippen LogP contribution in [0.25, 0.3) is 0 Å². The third-order valence-electron chi connectivity index (χ3n) is 14.9. The Balaban J connectivity index is 2.61. The van der Waals surface area contributed by atoms with Gasteiger partial charge in [-0.2, -0.15) is 0 Å². The highest BCUT2D eigenvalue weighted by atomic mass is 16.7. The van der Waals surface area contributed by atoms with Gasteiger partial charge in [-0.05, 0) is 25.7 Å². The van der Waals surface area contributed by atoms with Gasteiger partial charge in [0.1, 0.15) is 24.4 Å². The van der Waals surface area contributed by atoms with Gasteiger partial charge in [-0.3, -0.25) is 9.59 Å². The number of hydrogen-bond acceptors (Lipinski definition) is 10. The number of esters is 1. The third kappa shape index (κ3) is 38.0. The van der Waals surface area contributed by atoms with E-state index in [1.54, 1.807) is 6.08 Å². The second kappa shape index (κ2) is 50.2. The summed E-state index contributed by atoms with van der Waals surface area (Å²) in [6.45, 7) is 5.80. The van der Waals surface area contributed by atoms with Gasteiger partial charge in [-0.1, -0.05) is 283 Å². The van der Waals surface area contributed by atoms with Gasteiger partial charge >= 0.3 is 5.97 Å². The van der Waals surface area contributed by atoms with Crippen molar-refractivity contribution in [2.24, 2.45) is 0 Å². The lowest BCUT2D eigenvalue weighted by molar-refractivity contribution is -0.305. The number of rotatable bonds is 53. The van der Waals surface area contributed by atoms with Crippen LogP contribution < -0.4 is 5.32 Å². The molecule has 8 unspecified atom stereocenters. The Kier molecular flexibility index (Phi) is 47.7. The Morgan fingerprint density at radius 3 is 1.31 bits per heavy atom. The molecule has 0 saturated carbocycles. The first kappa shape index (κ1) is 68.4. The average Bonchev–Trinajstić information content (AvgIpc) is 3.38. The summed E-state index contributed by atoms with van der Waals surface area (Å²) in [5, 5.41) is 56.8. The van der Waals surface area contributed by atoms with E-state index < -0.39 is 67.4 Å². The number of aliphatic hydroxyl groups excluding tert-OH is 5. The highest BCUT2D eigenvalue weighted by Gasteiger charge is 2.47. The molecule has 1 fully saturated rings. The third-order valence-corrected chi connectivity index (χ3v) is 14.9. The largest absolute Gasteiger partial charge is 0.454 e. The summed E-state index contributed by atoms with van der Waals surface area (Å²) in [4.78, 5) is 26.5. The molecular weight excluding hydrogens is 907 g/mol. The maximum Gasteiger partial charge on any atom is 0.306 e. The van der Waals surface area contributed by atoms with Crippen molar-refractivity contribution in [3.8, 4) is 0 Å². The molecule has 0 aliphatic carbocycles. The van der Waals surface area contributed by atoms with E-state index in [0.29, 0.717) is 19.3 Å². The number of unbranched alkanes of at least 4 members (excludes halogenated alkanes) is 39. The van der Waals surface area contributed by atoms with Crippen molar-refractivity contribution in [3.63, 3.8) is 0 Å². The number of allylic oxidation sites excluding steroid dienone is 1. The molecular formula is C61H117NO10. The van der Waals surface area contributed by atoms with E-state index in [4.69, 9.17) is 14.2 Å². The Morgan fingerprint density at radius 2 is 0.903 bits per heavy atom. The molecule has 0 bridgehead atoms. The van der Waals surface area contributed by atoms with Crippen molar-refractivity contribution in [2.75, 3.05) is 13.2 Å². The standard InChI is InChI=1S/C61H117NO10/c1-4-7-10-13-16-19-22-24-25-26-27-28-29-30-31-32-34-37-40-43-46-49-56(66)72-59-58(68)57(67)55(50-63)71-61(59)70-51-52(53(64)47-44-41-38-36-33-23-20-17-14-11-8-5-2)62-60(69)54(65)48-45-42-39-35-21-18-15-12-9-6-3/h44,47,52-55,57-59,61,63-65,67-68H,4-43,45-46,48-51H2,1-3H3,(H,62,69)/b47-44+. The van der Waals surface area contributed by atoms with Gasteiger partial charge in [-0.25, -0.2) is 0 Å². The summed E-state index contributed by atoms with van der Waals surface area (Å²) in [5.74, 6) is -1.18. The topological polar surface area (TPSA) is 175 Å². The zero-order valence-electron chi connectivity index (χ0n) is 47.1. The van der Waals surface area contributed by atoms with Gasteiger partial charge < -0.3 is 45.1 Å². The van der Waals surface area contributed by atoms with E-state index in [2.05, 4.69) is 26.1 Å². The summed E-state index contributed by atoms with van der Waals surface area (Å²) >= 11 is 0. The Labute approximate surface area is 442 Å². The van der Waals surface area contributed by atoms with E-state index in [9.17, 15) is 35.1 Å². The Hall–Kier alpha value is -1.60. The molecule has 0 radical (unpaired) electrons. The number of amides is 1. The van der Waals surface area contributed by atoms with E-state index in [-0.39, 0.29) is 13.0 Å². The molecule has 0 aromatic heterocycles. The molecule has 0 aromatic rings. The van der Waals surface area contributed by atoms with Gasteiger partial charge in [0, 0.05) is 6.42 Å². The molecule has 1 aliphatic rings. The van der Waals surface area contributed by atoms with Crippen molar-refractivity contribution < 1.29 is 49.3 Å². The molecule has 11 nitrogen and oxygen atoms in total. The van der Waals surface area contributed by atoms with Gasteiger partial charge in [-0.15, -0.1) is 0 Å². The first-order valence-electron chi connectivity index (χ1n) is 31.0. The van der Waals surface area contributed by atoms with Crippen molar-refractivity contribution in [2.45, 2.75) is 352 Å². The monoisotopic (exact) mass is 1020 g/mol. The predicted octanol–water partition coefficient (Wildman–Crippen LogP) is 14.3. The van der Waals surface area contributed by atoms with Crippen LogP contribution >= 0.6 is 0 Å². The zero-order valence-corrected chi connectivity index (χ0v) is 47.1. The number of nitrogens with one attached hydrogen (secondary N) is 1. The smallest absolute Gasteiger partial charge is 0.306 e. The van der Waals surface area contributed by atoms with E-state index >= 15 is 0 Å². The summed E-state index contributed by atoms with van der Waals surface area (Å²) in [6, 6.07) is -1.01. The van der Waals surface area contributed by atoms with Crippen LogP contribution in [0.4, 0.5) is 0 Å². The molecule has 6 N–H and O–H groups in total. The van der Waals surface area contributed by atoms with Crippen molar-refractivity contribution >= 4 is 11.9 Å². The van der Waals surface area contributed by atoms with Crippen molar-refractivity contribution in [3.05, 3.63) is 12.2 Å². The fourth-order valence-electron chi connectivity index (χ4n) is 10.0. The van der Waals surface area contributed by atoms with Crippen molar-refractivity contribution in [1.29, 1.82) is 0 Å². The Morgan fingerprint density at radius 1 is 0.528 bits per heavy atom. The fourth-order valence-corrected chi connectivity index (χ4v) is 10.0. The second-order valence-corrected chi connectivity index (χ2v) is 21.8. The lowest BCUT2D eigenvalue weighted by Crippen LogP contribution is -2.61. The summed E-state index contributed by atoms with van der Waals surface area (Å²) in [7, 11) is 0. The molecule has 1 amide bonds. The van der Waals surface area contributed by atoms with Crippen molar-refractivity contribution in [1.82, 2.24) is 5.32 Å². The minimum Gasteiger partial charge on any atom is -0.454 e. The summed E-state index contributed by atoms with van der Waals surface area (Å²) < 4.78 is 17.6. The molecule has 8 atom stereocenters. The fraction of sp³-hybridized carbons (Fsp3) is 0.934. The summed E-state index contributed by atoms with van der Waals surface area (Å²) in [6.07, 6.45) is 45.5. The molecule has 0 spiro atoms. The SMILES string of the molecule is CCCCCCCCCCCC/C=C/C(O)C(COC1OC(CO)C(O)C(O)C1OC(=O)CCCCCCCCCCCCCCCCCCCCCCC)NC(=O)C(O)CCCCCCCCCCCC. The quantitative estimate of drug-likeness (QED) is 0.0195. The first-order chi connectivity index (χ1) is 35.2. The highest BCUT2D eigenvalue weighted by molar-refractivity contribution is 5.80. The van der Waals surface area contributed by atoms with Crippen LogP contribution in [0.5, 0.6) is 0 Å². The van der Waals surface area contributed by atoms with E-state index in [0.717, 1.165) is 57.8 Å². The number of carbonyl (C=O) groups is 2. The lowest BCUT2D eigenvalue weighted by Gasteiger charge is -2.41. The maximum atomic E-state index is 13.3. The van der Waals surface area contributed by atoms with Gasteiger partial charge in [0.2, 0.25) is 5.91 Å². The van der Waals surface area contributed by atoms with Gasteiger partial charge in [0.05, 0.1) is 25.4 Å². The first-order valence-corrected chi connectivity index (χ1v) is 31.0.